The molecule has 0 aliphatic carbocycles. The van der Waals surface area contributed by atoms with E-state index in [1.54, 1.807) is 0 Å². The second-order valence-corrected chi connectivity index (χ2v) is 6.80. The molecule has 0 amide bonds. The molecule has 1 N–H and O–H groups in total. The maximum Gasteiger partial charge on any atom is 0.0896 e. The summed E-state index contributed by atoms with van der Waals surface area (Å²) < 4.78 is 6.14. The molecule has 0 unspecified atom stereocenters. The lowest BCUT2D eigenvalue weighted by atomic mass is 9.77. The van der Waals surface area contributed by atoms with Crippen LogP contribution in [0.3, 0.4) is 0 Å². The van der Waals surface area contributed by atoms with Gasteiger partial charge in [0.25, 0.3) is 0 Å². The van der Waals surface area contributed by atoms with E-state index in [0.29, 0.717) is 12.0 Å². The molecule has 0 radical (unpaired) electrons. The number of anilines is 1. The van der Waals surface area contributed by atoms with Crippen LogP contribution in [0.1, 0.15) is 41.7 Å². The van der Waals surface area contributed by atoms with Gasteiger partial charge in [0, 0.05) is 28.8 Å². The third kappa shape index (κ3) is 2.41. The van der Waals surface area contributed by atoms with E-state index >= 15 is 0 Å². The summed E-state index contributed by atoms with van der Waals surface area (Å²) in [7, 11) is 0. The number of rotatable bonds is 1. The Labute approximate surface area is 136 Å². The summed E-state index contributed by atoms with van der Waals surface area (Å²) in [5.74, 6) is 0.461. The molecule has 2 nitrogen and oxygen atoms in total. The summed E-state index contributed by atoms with van der Waals surface area (Å²) in [5.41, 5.74) is 4.99. The van der Waals surface area contributed by atoms with E-state index < -0.39 is 0 Å². The summed E-state index contributed by atoms with van der Waals surface area (Å²) in [5, 5.41) is 4.50. The smallest absolute Gasteiger partial charge is 0.0896 e. The van der Waals surface area contributed by atoms with E-state index in [1.807, 2.05) is 6.07 Å². The number of hydrogen-bond acceptors (Lipinski definition) is 2. The number of benzene rings is 2. The van der Waals surface area contributed by atoms with Crippen molar-refractivity contribution in [3.63, 3.8) is 0 Å². The van der Waals surface area contributed by atoms with Crippen molar-refractivity contribution in [1.29, 1.82) is 0 Å². The number of ether oxygens (including phenoxy) is 1. The minimum atomic E-state index is 0.148. The largest absolute Gasteiger partial charge is 0.378 e. The molecule has 0 spiro atoms. The molecule has 2 aliphatic heterocycles. The van der Waals surface area contributed by atoms with Gasteiger partial charge in [0.2, 0.25) is 0 Å². The molecular formula is C19H20ClNO. The second-order valence-electron chi connectivity index (χ2n) is 6.36. The molecule has 1 fully saturated rings. The van der Waals surface area contributed by atoms with E-state index in [1.165, 1.54) is 23.1 Å². The van der Waals surface area contributed by atoms with E-state index in [2.05, 4.69) is 48.6 Å². The maximum absolute atomic E-state index is 6.20. The molecule has 2 aromatic rings. The Bertz CT molecular complexity index is 682. The van der Waals surface area contributed by atoms with Crippen molar-refractivity contribution < 1.29 is 4.74 Å². The predicted molar refractivity (Wildman–Crippen MR) is 90.4 cm³/mol. The molecule has 0 bridgehead atoms. The molecule has 0 aromatic heterocycles. The van der Waals surface area contributed by atoms with Gasteiger partial charge in [-0.25, -0.2) is 0 Å². The first kappa shape index (κ1) is 14.1. The fraction of sp³-hybridized carbons (Fsp3) is 0.368. The van der Waals surface area contributed by atoms with Gasteiger partial charge < -0.3 is 10.1 Å². The van der Waals surface area contributed by atoms with Crippen LogP contribution in [-0.2, 0) is 4.74 Å². The molecular weight excluding hydrogens is 294 g/mol. The minimum Gasteiger partial charge on any atom is -0.378 e. The van der Waals surface area contributed by atoms with E-state index in [0.717, 1.165) is 23.7 Å². The van der Waals surface area contributed by atoms with Crippen LogP contribution in [0.5, 0.6) is 0 Å². The zero-order valence-corrected chi connectivity index (χ0v) is 13.4. The van der Waals surface area contributed by atoms with E-state index in [4.69, 9.17) is 16.3 Å². The monoisotopic (exact) mass is 313 g/mol. The van der Waals surface area contributed by atoms with Crippen molar-refractivity contribution in [2.24, 2.45) is 5.92 Å². The van der Waals surface area contributed by atoms with Gasteiger partial charge >= 0.3 is 0 Å². The molecule has 1 saturated heterocycles. The topological polar surface area (TPSA) is 21.3 Å². The van der Waals surface area contributed by atoms with Crippen LogP contribution in [0.2, 0.25) is 5.02 Å². The van der Waals surface area contributed by atoms with Gasteiger partial charge in [0.15, 0.2) is 0 Å². The average Bonchev–Trinajstić information content (AvgIpc) is 2.55. The molecule has 2 aliphatic rings. The summed E-state index contributed by atoms with van der Waals surface area (Å²) in [6.07, 6.45) is 2.46. The van der Waals surface area contributed by atoms with Crippen LogP contribution < -0.4 is 5.32 Å². The molecule has 3 atom stereocenters. The molecule has 4 rings (SSSR count). The Morgan fingerprint density at radius 3 is 2.77 bits per heavy atom. The molecule has 3 heteroatoms. The average molecular weight is 314 g/mol. The summed E-state index contributed by atoms with van der Waals surface area (Å²) in [6.45, 7) is 2.97. The Morgan fingerprint density at radius 2 is 1.95 bits per heavy atom. The van der Waals surface area contributed by atoms with Gasteiger partial charge in [-0.2, -0.15) is 0 Å². The fourth-order valence-corrected chi connectivity index (χ4v) is 3.93. The Balaban J connectivity index is 1.77. The van der Waals surface area contributed by atoms with Crippen LogP contribution in [0.25, 0.3) is 0 Å². The highest BCUT2D eigenvalue weighted by Crippen LogP contribution is 2.49. The van der Waals surface area contributed by atoms with Crippen molar-refractivity contribution in [3.8, 4) is 0 Å². The van der Waals surface area contributed by atoms with Crippen molar-refractivity contribution in [2.45, 2.75) is 31.9 Å². The molecule has 2 aromatic carbocycles. The number of aryl methyl sites for hydroxylation is 1. The van der Waals surface area contributed by atoms with Crippen LogP contribution in [0, 0.1) is 12.8 Å². The molecule has 22 heavy (non-hydrogen) atoms. The third-order valence-corrected chi connectivity index (χ3v) is 5.10. The zero-order chi connectivity index (χ0) is 15.1. The maximum atomic E-state index is 6.20. The van der Waals surface area contributed by atoms with Crippen molar-refractivity contribution in [2.75, 3.05) is 11.9 Å². The normalized spacial score (nSPS) is 26.7. The highest BCUT2D eigenvalue weighted by atomic mass is 35.5. The van der Waals surface area contributed by atoms with Crippen molar-refractivity contribution >= 4 is 17.3 Å². The van der Waals surface area contributed by atoms with Gasteiger partial charge in [0.1, 0.15) is 0 Å². The number of halogens is 1. The standard InChI is InChI=1S/C19H20ClNO/c1-12-4-6-13(7-5-12)18-15-3-2-10-22-19(15)16-11-14(20)8-9-17(16)21-18/h4-9,11,15,18-19,21H,2-3,10H2,1H3/t15-,18-,19+/m0/s1. The van der Waals surface area contributed by atoms with Gasteiger partial charge in [-0.3, -0.25) is 0 Å². The lowest BCUT2D eigenvalue weighted by Gasteiger charge is -2.43. The Kier molecular flexibility index (Phi) is 3.59. The first-order chi connectivity index (χ1) is 10.7. The Morgan fingerprint density at radius 1 is 1.14 bits per heavy atom. The predicted octanol–water partition coefficient (Wildman–Crippen LogP) is 5.28. The lowest BCUT2D eigenvalue weighted by Crippen LogP contribution is -2.35. The highest BCUT2D eigenvalue weighted by Gasteiger charge is 2.39. The fourth-order valence-electron chi connectivity index (χ4n) is 3.75. The number of nitrogens with one attached hydrogen (secondary N) is 1. The van der Waals surface area contributed by atoms with Crippen molar-refractivity contribution in [1.82, 2.24) is 0 Å². The first-order valence-corrected chi connectivity index (χ1v) is 8.34. The van der Waals surface area contributed by atoms with Gasteiger partial charge in [-0.05, 0) is 43.5 Å². The minimum absolute atomic E-state index is 0.148. The zero-order valence-electron chi connectivity index (χ0n) is 12.7. The number of hydrogen-bond donors (Lipinski definition) is 1. The quantitative estimate of drug-likeness (QED) is 0.773. The van der Waals surface area contributed by atoms with E-state index in [9.17, 15) is 0 Å². The molecule has 0 saturated carbocycles. The molecule has 2 heterocycles. The van der Waals surface area contributed by atoms with Crippen LogP contribution >= 0.6 is 11.6 Å². The summed E-state index contributed by atoms with van der Waals surface area (Å²) in [6, 6.07) is 15.2. The Hall–Kier alpha value is -1.51. The summed E-state index contributed by atoms with van der Waals surface area (Å²) in [4.78, 5) is 0. The number of fused-ring (bicyclic) bond motifs is 3. The van der Waals surface area contributed by atoms with Crippen molar-refractivity contribution in [3.05, 3.63) is 64.2 Å². The van der Waals surface area contributed by atoms with Gasteiger partial charge in [0.05, 0.1) is 12.1 Å². The first-order valence-electron chi connectivity index (χ1n) is 7.96. The van der Waals surface area contributed by atoms with Crippen LogP contribution in [0.15, 0.2) is 42.5 Å². The SMILES string of the molecule is Cc1ccc([C@@H]2Nc3ccc(Cl)cc3[C@@H]3OCCC[C@@H]23)cc1. The van der Waals surface area contributed by atoms with Gasteiger partial charge in [-0.1, -0.05) is 41.4 Å². The van der Waals surface area contributed by atoms with Crippen LogP contribution in [-0.4, -0.2) is 6.61 Å². The third-order valence-electron chi connectivity index (χ3n) is 4.86. The van der Waals surface area contributed by atoms with Gasteiger partial charge in [-0.15, -0.1) is 0 Å². The molecule has 114 valence electrons. The lowest BCUT2D eigenvalue weighted by molar-refractivity contribution is -0.0381. The highest BCUT2D eigenvalue weighted by molar-refractivity contribution is 6.30. The second kappa shape index (κ2) is 5.60. The van der Waals surface area contributed by atoms with Crippen LogP contribution in [0.4, 0.5) is 5.69 Å². The van der Waals surface area contributed by atoms with E-state index in [-0.39, 0.29) is 6.10 Å². The summed E-state index contributed by atoms with van der Waals surface area (Å²) >= 11 is 6.20.